The van der Waals surface area contributed by atoms with Crippen molar-refractivity contribution in [3.8, 4) is 0 Å². The number of amides is 1. The minimum atomic E-state index is -3.46. The van der Waals surface area contributed by atoms with E-state index in [1.807, 2.05) is 23.2 Å². The molecular weight excluding hydrogens is 436 g/mol. The van der Waals surface area contributed by atoms with Crippen LogP contribution in [0, 0.1) is 5.92 Å². The van der Waals surface area contributed by atoms with Gasteiger partial charge in [-0.3, -0.25) is 4.79 Å². The van der Waals surface area contributed by atoms with Crippen LogP contribution >= 0.6 is 0 Å². The van der Waals surface area contributed by atoms with Crippen molar-refractivity contribution in [3.05, 3.63) is 66.0 Å². The molecule has 2 fully saturated rings. The fraction of sp³-hybridized carbons (Fsp3) is 0.440. The minimum Gasteiger partial charge on any atom is -0.339 e. The maximum Gasteiger partial charge on any atom is 0.257 e. The molecule has 2 aliphatic rings. The van der Waals surface area contributed by atoms with Gasteiger partial charge in [0.25, 0.3) is 5.91 Å². The van der Waals surface area contributed by atoms with Crippen LogP contribution in [-0.4, -0.2) is 59.3 Å². The van der Waals surface area contributed by atoms with Crippen molar-refractivity contribution in [2.24, 2.45) is 5.92 Å². The number of aromatic nitrogens is 2. The van der Waals surface area contributed by atoms with E-state index in [0.29, 0.717) is 29.5 Å². The molecule has 3 aromatic rings. The summed E-state index contributed by atoms with van der Waals surface area (Å²) in [5.74, 6) is 0.977. The van der Waals surface area contributed by atoms with Gasteiger partial charge in [-0.1, -0.05) is 25.1 Å². The molecule has 0 saturated carbocycles. The van der Waals surface area contributed by atoms with Crippen molar-refractivity contribution >= 4 is 21.4 Å². The molecule has 1 amide bonds. The summed E-state index contributed by atoms with van der Waals surface area (Å²) in [6, 6.07) is 12.7. The van der Waals surface area contributed by atoms with Crippen LogP contribution in [0.15, 0.2) is 59.8 Å². The Morgan fingerprint density at radius 2 is 1.67 bits per heavy atom. The van der Waals surface area contributed by atoms with E-state index >= 15 is 0 Å². The number of carbonyl (C=O) groups excluding carboxylic acids is 1. The summed E-state index contributed by atoms with van der Waals surface area (Å²) in [4.78, 5) is 15.4. The third kappa shape index (κ3) is 4.29. The number of carbonyl (C=O) groups is 1. The first-order chi connectivity index (χ1) is 15.9. The molecule has 4 heterocycles. The Balaban J connectivity index is 1.32. The Labute approximate surface area is 195 Å². The molecular formula is C25H30N4O3S. The number of sulfonamides is 1. The van der Waals surface area contributed by atoms with Crippen LogP contribution in [0.4, 0.5) is 0 Å². The average molecular weight is 467 g/mol. The van der Waals surface area contributed by atoms with Crippen LogP contribution < -0.4 is 0 Å². The highest BCUT2D eigenvalue weighted by Crippen LogP contribution is 2.32. The van der Waals surface area contributed by atoms with Crippen LogP contribution in [0.3, 0.4) is 0 Å². The van der Waals surface area contributed by atoms with E-state index in [0.717, 1.165) is 49.9 Å². The molecule has 0 bridgehead atoms. The standard InChI is InChI=1S/C25H30N4O3S/c1-19-7-12-27(13-8-19)25(30)23-18-26-29-16-11-21(17-24(23)29)20-9-14-28(15-10-20)33(31,32)22-5-3-2-4-6-22/h2-6,11,16-20H,7-10,12-15H2,1H3. The smallest absolute Gasteiger partial charge is 0.257 e. The van der Waals surface area contributed by atoms with Crippen LogP contribution in [0.5, 0.6) is 0 Å². The van der Waals surface area contributed by atoms with Gasteiger partial charge in [0.15, 0.2) is 0 Å². The molecule has 174 valence electrons. The van der Waals surface area contributed by atoms with Crippen LogP contribution in [0.2, 0.25) is 0 Å². The summed E-state index contributed by atoms with van der Waals surface area (Å²) in [6.07, 6.45) is 7.18. The maximum atomic E-state index is 13.2. The fourth-order valence-corrected chi connectivity index (χ4v) is 6.46. The Morgan fingerprint density at radius 3 is 2.36 bits per heavy atom. The second-order valence-electron chi connectivity index (χ2n) is 9.31. The van der Waals surface area contributed by atoms with Crippen molar-refractivity contribution in [1.82, 2.24) is 18.8 Å². The lowest BCUT2D eigenvalue weighted by atomic mass is 9.90. The number of fused-ring (bicyclic) bond motifs is 1. The van der Waals surface area contributed by atoms with Gasteiger partial charge in [0.1, 0.15) is 0 Å². The van der Waals surface area contributed by atoms with Crippen molar-refractivity contribution in [2.75, 3.05) is 26.2 Å². The highest BCUT2D eigenvalue weighted by molar-refractivity contribution is 7.89. The molecule has 0 aliphatic carbocycles. The Kier molecular flexibility index (Phi) is 5.97. The summed E-state index contributed by atoms with van der Waals surface area (Å²) in [7, 11) is -3.46. The minimum absolute atomic E-state index is 0.0535. The molecule has 33 heavy (non-hydrogen) atoms. The summed E-state index contributed by atoms with van der Waals surface area (Å²) in [5, 5.41) is 4.40. The van der Waals surface area contributed by atoms with Crippen LogP contribution in [0.25, 0.3) is 5.52 Å². The van der Waals surface area contributed by atoms with Gasteiger partial charge >= 0.3 is 0 Å². The Bertz CT molecular complexity index is 1240. The molecule has 2 saturated heterocycles. The highest BCUT2D eigenvalue weighted by atomic mass is 32.2. The zero-order valence-electron chi connectivity index (χ0n) is 18.9. The summed E-state index contributed by atoms with van der Waals surface area (Å²) in [6.45, 7) is 4.81. The molecule has 2 aliphatic heterocycles. The Hall–Kier alpha value is -2.71. The summed E-state index contributed by atoms with van der Waals surface area (Å²) < 4.78 is 29.2. The van der Waals surface area contributed by atoms with Crippen LogP contribution in [-0.2, 0) is 10.0 Å². The number of hydrogen-bond donors (Lipinski definition) is 0. The first kappa shape index (κ1) is 22.1. The van der Waals surface area contributed by atoms with Gasteiger partial charge in [-0.2, -0.15) is 9.40 Å². The monoisotopic (exact) mass is 466 g/mol. The number of likely N-dealkylation sites (tertiary alicyclic amines) is 1. The van der Waals surface area contributed by atoms with E-state index in [4.69, 9.17) is 0 Å². The SMILES string of the molecule is CC1CCN(C(=O)c2cnn3ccc(C4CCN(S(=O)(=O)c5ccccc5)CC4)cc23)CC1. The van der Waals surface area contributed by atoms with Crippen molar-refractivity contribution in [1.29, 1.82) is 0 Å². The van der Waals surface area contributed by atoms with Gasteiger partial charge in [-0.15, -0.1) is 0 Å². The second kappa shape index (κ2) is 8.91. The van der Waals surface area contributed by atoms with Crippen molar-refractivity contribution in [2.45, 2.75) is 43.4 Å². The number of piperidine rings is 2. The molecule has 0 spiro atoms. The molecule has 7 nitrogen and oxygen atoms in total. The fourth-order valence-electron chi connectivity index (χ4n) is 4.97. The van der Waals surface area contributed by atoms with E-state index in [2.05, 4.69) is 18.1 Å². The molecule has 0 radical (unpaired) electrons. The summed E-state index contributed by atoms with van der Waals surface area (Å²) in [5.41, 5.74) is 2.62. The van der Waals surface area contributed by atoms with Gasteiger partial charge in [0.05, 0.1) is 22.2 Å². The maximum absolute atomic E-state index is 13.2. The first-order valence-electron chi connectivity index (χ1n) is 11.8. The average Bonchev–Trinajstić information content (AvgIpc) is 3.28. The van der Waals surface area contributed by atoms with E-state index < -0.39 is 10.0 Å². The van der Waals surface area contributed by atoms with Gasteiger partial charge in [0.2, 0.25) is 10.0 Å². The van der Waals surface area contributed by atoms with Gasteiger partial charge in [0, 0.05) is 32.4 Å². The number of rotatable bonds is 4. The van der Waals surface area contributed by atoms with Gasteiger partial charge in [-0.05, 0) is 67.3 Å². The number of benzene rings is 1. The zero-order chi connectivity index (χ0) is 23.0. The highest BCUT2D eigenvalue weighted by Gasteiger charge is 2.30. The van der Waals surface area contributed by atoms with Crippen molar-refractivity contribution < 1.29 is 13.2 Å². The van der Waals surface area contributed by atoms with Gasteiger partial charge < -0.3 is 4.90 Å². The quantitative estimate of drug-likeness (QED) is 0.587. The third-order valence-electron chi connectivity index (χ3n) is 7.15. The van der Waals surface area contributed by atoms with Crippen LogP contribution in [0.1, 0.15) is 54.4 Å². The lowest BCUT2D eigenvalue weighted by Crippen LogP contribution is -2.38. The number of hydrogen-bond acceptors (Lipinski definition) is 4. The predicted molar refractivity (Wildman–Crippen MR) is 127 cm³/mol. The second-order valence-corrected chi connectivity index (χ2v) is 11.3. The molecule has 1 aromatic carbocycles. The first-order valence-corrected chi connectivity index (χ1v) is 13.2. The van der Waals surface area contributed by atoms with E-state index in [1.54, 1.807) is 39.3 Å². The molecule has 0 atom stereocenters. The normalized spacial score (nSPS) is 19.2. The van der Waals surface area contributed by atoms with Gasteiger partial charge in [-0.25, -0.2) is 12.9 Å². The lowest BCUT2D eigenvalue weighted by Gasteiger charge is -2.31. The topological polar surface area (TPSA) is 75.0 Å². The number of nitrogens with zero attached hydrogens (tertiary/aromatic N) is 4. The predicted octanol–water partition coefficient (Wildman–Crippen LogP) is 3.77. The third-order valence-corrected chi connectivity index (χ3v) is 9.07. The number of pyridine rings is 1. The lowest BCUT2D eigenvalue weighted by molar-refractivity contribution is 0.0699. The molecule has 8 heteroatoms. The van der Waals surface area contributed by atoms with E-state index in [-0.39, 0.29) is 11.8 Å². The Morgan fingerprint density at radius 1 is 0.970 bits per heavy atom. The molecule has 0 N–H and O–H groups in total. The van der Waals surface area contributed by atoms with E-state index in [1.165, 1.54) is 0 Å². The summed E-state index contributed by atoms with van der Waals surface area (Å²) >= 11 is 0. The molecule has 2 aromatic heterocycles. The van der Waals surface area contributed by atoms with E-state index in [9.17, 15) is 13.2 Å². The molecule has 5 rings (SSSR count). The largest absolute Gasteiger partial charge is 0.339 e. The molecule has 0 unspecified atom stereocenters. The zero-order valence-corrected chi connectivity index (χ0v) is 19.7. The van der Waals surface area contributed by atoms with Crippen molar-refractivity contribution in [3.63, 3.8) is 0 Å².